The number of methoxy groups -OCH3 is 1. The van der Waals surface area contributed by atoms with E-state index in [1.165, 1.54) is 43.2 Å². The lowest BCUT2D eigenvalue weighted by atomic mass is 9.92. The van der Waals surface area contributed by atoms with Crippen molar-refractivity contribution in [1.82, 2.24) is 30.4 Å². The first-order chi connectivity index (χ1) is 36.1. The number of unbranched alkanes of at least 4 members (excludes halogenated alkanes) is 6. The molecule has 0 saturated carbocycles. The van der Waals surface area contributed by atoms with Crippen molar-refractivity contribution < 1.29 is 33.3 Å². The van der Waals surface area contributed by atoms with E-state index < -0.39 is 0 Å². The number of H-pyrrole nitrogens is 2. The lowest BCUT2D eigenvalue weighted by molar-refractivity contribution is 0.0924. The Morgan fingerprint density at radius 2 is 1.04 bits per heavy atom. The molecule has 13 nitrogen and oxygen atoms in total. The van der Waals surface area contributed by atoms with Crippen LogP contribution in [0.5, 0.6) is 11.5 Å². The number of nitrogens with zero attached hydrogens (tertiary/aromatic N) is 2. The van der Waals surface area contributed by atoms with E-state index >= 15 is 0 Å². The molecular formula is C59H78Cl2N6O7. The van der Waals surface area contributed by atoms with Crippen molar-refractivity contribution in [1.29, 1.82) is 0 Å². The molecule has 2 unspecified atom stereocenters. The minimum atomic E-state index is -0.301. The molecule has 2 amide bonds. The van der Waals surface area contributed by atoms with Crippen LogP contribution in [-0.4, -0.2) is 111 Å². The maximum atomic E-state index is 12.9. The number of ether oxygens (including phenoxy) is 5. The summed E-state index contributed by atoms with van der Waals surface area (Å²) in [7, 11) is 1.74. The lowest BCUT2D eigenvalue weighted by Gasteiger charge is -2.35. The van der Waals surface area contributed by atoms with Crippen LogP contribution >= 0.6 is 23.2 Å². The zero-order valence-corrected chi connectivity index (χ0v) is 45.7. The van der Waals surface area contributed by atoms with Gasteiger partial charge in [0.05, 0.1) is 26.4 Å². The van der Waals surface area contributed by atoms with Gasteiger partial charge >= 0.3 is 12.2 Å². The van der Waals surface area contributed by atoms with Gasteiger partial charge in [-0.3, -0.25) is 9.80 Å². The largest absolute Gasteiger partial charge is 0.494 e. The maximum absolute atomic E-state index is 12.9. The molecule has 2 atom stereocenters. The van der Waals surface area contributed by atoms with Gasteiger partial charge in [0.25, 0.3) is 0 Å². The van der Waals surface area contributed by atoms with E-state index in [0.717, 1.165) is 121 Å². The molecule has 4 heterocycles. The number of hydrogen-bond acceptors (Lipinski definition) is 9. The summed E-state index contributed by atoms with van der Waals surface area (Å²) in [6.07, 6.45) is 11.2. The third-order valence-electron chi connectivity index (χ3n) is 13.7. The standard InChI is InChI=1S/C30H40ClN3O4.C29H38ClN3O3/c1-3-37-30(35)34-18-15-25-26-21-23(31)11-14-27(26)33-28(25)29(34)22-9-12-24(13-10-22)38-20-7-5-4-6-16-32-17-8-19-36-2;1-4-35-29(34)33-17-15-24-25-19-22(30)11-14-26(25)32-27(24)28(33)21-9-12-23(13-10-21)36-18-8-6-5-7-16-31-20(2)3/h9-14,21,29,32-33H,3-8,15-20H2,1-2H3;9-14,19-20,28,31-32H,4-8,15-18H2,1-3H3. The molecule has 15 heteroatoms. The first-order valence-electron chi connectivity index (χ1n) is 26.9. The molecule has 0 fully saturated rings. The SMILES string of the molecule is CCOC(=O)N1CCc2c([nH]c3ccc(Cl)cc23)C1c1ccc(OCCCCCCNC(C)C)cc1.CCOC(=O)N1CCc2c([nH]c3ccc(Cl)cc23)C1c1ccc(OCCCCCCNCCCOC)cc1. The molecule has 0 radical (unpaired) electrons. The number of hydrogen-bond donors (Lipinski definition) is 4. The van der Waals surface area contributed by atoms with Crippen molar-refractivity contribution in [3.05, 3.63) is 129 Å². The summed E-state index contributed by atoms with van der Waals surface area (Å²) in [4.78, 5) is 36.5. The summed E-state index contributed by atoms with van der Waals surface area (Å²) >= 11 is 12.6. The second kappa shape index (κ2) is 29.0. The number of halogens is 2. The van der Waals surface area contributed by atoms with E-state index in [1.807, 2.05) is 84.3 Å². The van der Waals surface area contributed by atoms with Crippen LogP contribution in [0.2, 0.25) is 10.0 Å². The molecule has 4 aromatic carbocycles. The topological polar surface area (TPSA) is 142 Å². The third kappa shape index (κ3) is 15.3. The molecule has 2 aliphatic rings. The fourth-order valence-corrected chi connectivity index (χ4v) is 10.4. The van der Waals surface area contributed by atoms with E-state index in [2.05, 4.69) is 58.7 Å². The Hall–Kier alpha value is -5.44. The van der Waals surface area contributed by atoms with Gasteiger partial charge in [0, 0.05) is 76.1 Å². The molecule has 0 spiro atoms. The van der Waals surface area contributed by atoms with Crippen molar-refractivity contribution in [3.63, 3.8) is 0 Å². The average Bonchev–Trinajstić information content (AvgIpc) is 3.97. The van der Waals surface area contributed by atoms with E-state index in [4.69, 9.17) is 46.9 Å². The predicted octanol–water partition coefficient (Wildman–Crippen LogP) is 13.4. The number of amides is 2. The highest BCUT2D eigenvalue weighted by Gasteiger charge is 2.37. The number of rotatable bonds is 25. The van der Waals surface area contributed by atoms with Crippen LogP contribution in [0.3, 0.4) is 0 Å². The second-order valence-corrected chi connectivity index (χ2v) is 20.2. The normalized spacial score (nSPS) is 15.2. The zero-order chi connectivity index (χ0) is 52.2. The smallest absolute Gasteiger partial charge is 0.410 e. The quantitative estimate of drug-likeness (QED) is 0.0412. The number of benzene rings is 4. The predicted molar refractivity (Wildman–Crippen MR) is 298 cm³/mol. The minimum absolute atomic E-state index is 0.257. The average molecular weight is 1050 g/mol. The second-order valence-electron chi connectivity index (χ2n) is 19.4. The fourth-order valence-electron chi connectivity index (χ4n) is 10.0. The number of carbonyl (C=O) groups excluding carboxylic acids is 2. The highest BCUT2D eigenvalue weighted by Crippen LogP contribution is 2.41. The Balaban J connectivity index is 0.000000217. The van der Waals surface area contributed by atoms with Crippen LogP contribution in [0.1, 0.15) is 131 Å². The van der Waals surface area contributed by atoms with Crippen molar-refractivity contribution in [2.75, 3.05) is 72.9 Å². The van der Waals surface area contributed by atoms with Gasteiger partial charge in [-0.1, -0.05) is 87.0 Å². The molecule has 0 bridgehead atoms. The summed E-state index contributed by atoms with van der Waals surface area (Å²) in [6.45, 7) is 15.3. The monoisotopic (exact) mass is 1050 g/mol. The molecular weight excluding hydrogens is 976 g/mol. The summed E-state index contributed by atoms with van der Waals surface area (Å²) in [5.74, 6) is 1.69. The van der Waals surface area contributed by atoms with Crippen molar-refractivity contribution in [3.8, 4) is 11.5 Å². The maximum Gasteiger partial charge on any atom is 0.410 e. The number of aromatic amines is 2. The van der Waals surface area contributed by atoms with Gasteiger partial charge in [-0.05, 0) is 161 Å². The Labute approximate surface area is 448 Å². The molecule has 2 aliphatic heterocycles. The number of carbonyl (C=O) groups is 2. The van der Waals surface area contributed by atoms with Gasteiger partial charge in [-0.25, -0.2) is 9.59 Å². The van der Waals surface area contributed by atoms with Crippen LogP contribution in [0.25, 0.3) is 21.8 Å². The van der Waals surface area contributed by atoms with Crippen molar-refractivity contribution in [2.24, 2.45) is 0 Å². The molecule has 0 saturated heterocycles. The third-order valence-corrected chi connectivity index (χ3v) is 14.2. The first kappa shape index (κ1) is 56.3. The Morgan fingerprint density at radius 1 is 0.595 bits per heavy atom. The lowest BCUT2D eigenvalue weighted by Crippen LogP contribution is -2.40. The van der Waals surface area contributed by atoms with Crippen molar-refractivity contribution in [2.45, 2.75) is 116 Å². The summed E-state index contributed by atoms with van der Waals surface area (Å²) in [5.41, 5.74) is 8.54. The number of aromatic nitrogens is 2. The minimum Gasteiger partial charge on any atom is -0.494 e. The van der Waals surface area contributed by atoms with Crippen LogP contribution in [0.4, 0.5) is 9.59 Å². The van der Waals surface area contributed by atoms with Gasteiger partial charge in [0.1, 0.15) is 23.6 Å². The van der Waals surface area contributed by atoms with Crippen LogP contribution in [-0.2, 0) is 27.1 Å². The zero-order valence-electron chi connectivity index (χ0n) is 44.2. The molecule has 6 aromatic rings. The first-order valence-corrected chi connectivity index (χ1v) is 27.7. The fraction of sp³-hybridized carbons (Fsp3) is 0.492. The molecule has 74 heavy (non-hydrogen) atoms. The molecule has 8 rings (SSSR count). The van der Waals surface area contributed by atoms with Crippen LogP contribution in [0.15, 0.2) is 84.9 Å². The molecule has 4 N–H and O–H groups in total. The highest BCUT2D eigenvalue weighted by molar-refractivity contribution is 6.31. The van der Waals surface area contributed by atoms with Crippen molar-refractivity contribution >= 4 is 57.2 Å². The summed E-state index contributed by atoms with van der Waals surface area (Å²) in [6, 6.07) is 28.0. The number of fused-ring (bicyclic) bond motifs is 6. The van der Waals surface area contributed by atoms with Gasteiger partial charge < -0.3 is 44.3 Å². The van der Waals surface area contributed by atoms with Crippen LogP contribution in [0, 0.1) is 0 Å². The Bertz CT molecular complexity index is 2670. The summed E-state index contributed by atoms with van der Waals surface area (Å²) < 4.78 is 27.9. The number of nitrogens with one attached hydrogen (secondary N) is 4. The summed E-state index contributed by atoms with van der Waals surface area (Å²) in [5, 5.41) is 10.6. The molecule has 0 aliphatic carbocycles. The van der Waals surface area contributed by atoms with E-state index in [1.54, 1.807) is 7.11 Å². The van der Waals surface area contributed by atoms with Gasteiger partial charge in [0.2, 0.25) is 0 Å². The molecule has 400 valence electrons. The Morgan fingerprint density at radius 3 is 1.49 bits per heavy atom. The van der Waals surface area contributed by atoms with E-state index in [-0.39, 0.29) is 24.3 Å². The van der Waals surface area contributed by atoms with Gasteiger partial charge in [0.15, 0.2) is 0 Å². The van der Waals surface area contributed by atoms with E-state index in [9.17, 15) is 9.59 Å². The molecule has 2 aromatic heterocycles. The Kier molecular flexibility index (Phi) is 22.1. The highest BCUT2D eigenvalue weighted by atomic mass is 35.5. The van der Waals surface area contributed by atoms with Gasteiger partial charge in [-0.2, -0.15) is 0 Å². The van der Waals surface area contributed by atoms with Gasteiger partial charge in [-0.15, -0.1) is 0 Å². The van der Waals surface area contributed by atoms with E-state index in [0.29, 0.717) is 55.6 Å². The van der Waals surface area contributed by atoms with Crippen LogP contribution < -0.4 is 20.1 Å².